The molecule has 0 saturated heterocycles. The zero-order valence-corrected chi connectivity index (χ0v) is 31.3. The Balaban J connectivity index is 1.11. The monoisotopic (exact) mass is 739 g/mol. The zero-order chi connectivity index (χ0) is 38.2. The fourth-order valence-electron chi connectivity index (χ4n) is 8.81. The fraction of sp³-hybridized carbons (Fsp3) is 0. The third-order valence-corrected chi connectivity index (χ3v) is 11.6. The molecule has 3 heterocycles. The highest BCUT2D eigenvalue weighted by atomic mass is 16.3. The van der Waals surface area contributed by atoms with E-state index in [-0.39, 0.29) is 0 Å². The lowest BCUT2D eigenvalue weighted by Gasteiger charge is -2.15. The van der Waals surface area contributed by atoms with E-state index in [0.717, 1.165) is 66.4 Å². The number of nitrogens with zero attached hydrogens (tertiary/aromatic N) is 3. The van der Waals surface area contributed by atoms with Crippen molar-refractivity contribution in [3.63, 3.8) is 0 Å². The molecule has 3 aromatic heterocycles. The highest BCUT2D eigenvalue weighted by molar-refractivity contribution is 6.16. The minimum atomic E-state index is 0.655. The van der Waals surface area contributed by atoms with Crippen molar-refractivity contribution in [2.45, 2.75) is 0 Å². The Morgan fingerprint density at radius 2 is 0.966 bits per heavy atom. The Morgan fingerprint density at radius 3 is 1.69 bits per heavy atom. The first-order valence-corrected chi connectivity index (χ1v) is 19.7. The van der Waals surface area contributed by atoms with E-state index in [1.807, 2.05) is 24.3 Å². The highest BCUT2D eigenvalue weighted by Gasteiger charge is 2.22. The Bertz CT molecular complexity index is 3550. The summed E-state index contributed by atoms with van der Waals surface area (Å²) in [5.41, 5.74) is 13.1. The van der Waals surface area contributed by atoms with Gasteiger partial charge in [-0.1, -0.05) is 152 Å². The maximum Gasteiger partial charge on any atom is 0.180 e. The lowest BCUT2D eigenvalue weighted by atomic mass is 10.0. The summed E-state index contributed by atoms with van der Waals surface area (Å²) in [5.74, 6) is 0.655. The van der Waals surface area contributed by atoms with Crippen LogP contribution in [0.3, 0.4) is 0 Å². The van der Waals surface area contributed by atoms with E-state index < -0.39 is 0 Å². The highest BCUT2D eigenvalue weighted by Crippen LogP contribution is 2.42. The van der Waals surface area contributed by atoms with Gasteiger partial charge < -0.3 is 8.98 Å². The number of benzene rings is 9. The molecule has 0 N–H and O–H groups in total. The quantitative estimate of drug-likeness (QED) is 0.177. The number of aromatic nitrogens is 3. The van der Waals surface area contributed by atoms with E-state index in [1.54, 1.807) is 0 Å². The molecule has 0 saturated carbocycles. The molecule has 0 aliphatic heterocycles. The minimum Gasteiger partial charge on any atom is -0.452 e. The van der Waals surface area contributed by atoms with Crippen molar-refractivity contribution in [2.75, 3.05) is 0 Å². The lowest BCUT2D eigenvalue weighted by Crippen LogP contribution is -1.98. The summed E-state index contributed by atoms with van der Waals surface area (Å²) in [4.78, 5) is 10.7. The van der Waals surface area contributed by atoms with Crippen molar-refractivity contribution in [2.24, 2.45) is 0 Å². The first-order valence-electron chi connectivity index (χ1n) is 19.7. The number of furan rings is 1. The van der Waals surface area contributed by atoms with Crippen LogP contribution in [0.25, 0.3) is 116 Å². The molecular weight excluding hydrogens is 707 g/mol. The lowest BCUT2D eigenvalue weighted by molar-refractivity contribution is 0.667. The summed E-state index contributed by atoms with van der Waals surface area (Å²) in [6.45, 7) is 0. The van der Waals surface area contributed by atoms with Gasteiger partial charge in [-0.3, -0.25) is 0 Å². The van der Waals surface area contributed by atoms with Crippen molar-refractivity contribution in [1.29, 1.82) is 0 Å². The van der Waals surface area contributed by atoms with E-state index in [2.05, 4.69) is 180 Å². The predicted octanol–water partition coefficient (Wildman–Crippen LogP) is 14.4. The van der Waals surface area contributed by atoms with Gasteiger partial charge in [0, 0.05) is 32.7 Å². The van der Waals surface area contributed by atoms with Crippen LogP contribution >= 0.6 is 0 Å². The molecule has 270 valence electrons. The standard InChI is InChI=1S/C54H33N3O/c1-4-14-34(15-5-1)39-24-27-48-44(31-39)45-30-37-20-10-11-21-38(37)33-49(45)57(48)47-28-26-43(41-22-12-13-23-42(41)47)54-55-51(36-18-8-3-9-19-36)53-52(56-54)46-32-40(25-29-50(46)58-53)35-16-6-2-7-17-35/h1-33H. The van der Waals surface area contributed by atoms with Crippen LogP contribution in [-0.2, 0) is 0 Å². The van der Waals surface area contributed by atoms with Gasteiger partial charge >= 0.3 is 0 Å². The van der Waals surface area contributed by atoms with E-state index in [1.165, 1.54) is 38.2 Å². The summed E-state index contributed by atoms with van der Waals surface area (Å²) in [5, 5.41) is 8.04. The van der Waals surface area contributed by atoms with E-state index >= 15 is 0 Å². The number of fused-ring (bicyclic) bond motifs is 8. The second kappa shape index (κ2) is 12.9. The Hall–Kier alpha value is -7.82. The third-order valence-electron chi connectivity index (χ3n) is 11.6. The van der Waals surface area contributed by atoms with E-state index in [0.29, 0.717) is 11.4 Å². The van der Waals surface area contributed by atoms with Crippen LogP contribution < -0.4 is 0 Å². The first kappa shape index (κ1) is 32.4. The van der Waals surface area contributed by atoms with Gasteiger partial charge in [0.15, 0.2) is 11.4 Å². The number of hydrogen-bond acceptors (Lipinski definition) is 3. The molecule has 12 rings (SSSR count). The molecule has 0 aliphatic rings. The van der Waals surface area contributed by atoms with Gasteiger partial charge in [0.05, 0.1) is 16.7 Å². The molecule has 12 aromatic rings. The molecule has 0 fully saturated rings. The number of rotatable bonds is 5. The predicted molar refractivity (Wildman–Crippen MR) is 240 cm³/mol. The van der Waals surface area contributed by atoms with E-state index in [9.17, 15) is 0 Å². The molecule has 0 bridgehead atoms. The van der Waals surface area contributed by atoms with Gasteiger partial charge in [-0.05, 0) is 86.9 Å². The SMILES string of the molecule is c1ccc(-c2ccc3oc4c(-c5ccccc5)nc(-c5ccc(-n6c7ccc(-c8ccccc8)cc7c7cc8ccccc8cc76)c6ccccc56)nc4c3c2)cc1. The Labute approximate surface area is 333 Å². The van der Waals surface area contributed by atoms with Crippen LogP contribution in [-0.4, -0.2) is 14.5 Å². The first-order chi connectivity index (χ1) is 28.7. The second-order valence-corrected chi connectivity index (χ2v) is 14.9. The van der Waals surface area contributed by atoms with Gasteiger partial charge in [0.25, 0.3) is 0 Å². The maximum absolute atomic E-state index is 6.60. The Kier molecular flexibility index (Phi) is 7.20. The molecular formula is C54H33N3O. The molecule has 0 aliphatic carbocycles. The fourth-order valence-corrected chi connectivity index (χ4v) is 8.81. The third kappa shape index (κ3) is 5.09. The van der Waals surface area contributed by atoms with Gasteiger partial charge in [-0.2, -0.15) is 0 Å². The molecule has 0 atom stereocenters. The average molecular weight is 740 g/mol. The van der Waals surface area contributed by atoms with Crippen molar-refractivity contribution >= 4 is 65.4 Å². The van der Waals surface area contributed by atoms with Crippen LogP contribution in [0.1, 0.15) is 0 Å². The largest absolute Gasteiger partial charge is 0.452 e. The van der Waals surface area contributed by atoms with Gasteiger partial charge in [-0.25, -0.2) is 9.97 Å². The topological polar surface area (TPSA) is 43.9 Å². The minimum absolute atomic E-state index is 0.655. The molecule has 4 nitrogen and oxygen atoms in total. The molecule has 0 spiro atoms. The summed E-state index contributed by atoms with van der Waals surface area (Å²) >= 11 is 0. The Morgan fingerprint density at radius 1 is 0.379 bits per heavy atom. The number of hydrogen-bond donors (Lipinski definition) is 0. The van der Waals surface area contributed by atoms with Crippen LogP contribution in [0.4, 0.5) is 0 Å². The molecule has 0 radical (unpaired) electrons. The van der Waals surface area contributed by atoms with Crippen LogP contribution in [0.2, 0.25) is 0 Å². The summed E-state index contributed by atoms with van der Waals surface area (Å²) in [7, 11) is 0. The summed E-state index contributed by atoms with van der Waals surface area (Å²) in [6.07, 6.45) is 0. The molecule has 4 heteroatoms. The average Bonchev–Trinajstić information content (AvgIpc) is 3.82. The molecule has 58 heavy (non-hydrogen) atoms. The van der Waals surface area contributed by atoms with Crippen molar-refractivity contribution in [3.8, 4) is 50.6 Å². The molecule has 0 unspecified atom stereocenters. The summed E-state index contributed by atoms with van der Waals surface area (Å²) < 4.78 is 9.03. The van der Waals surface area contributed by atoms with Crippen molar-refractivity contribution < 1.29 is 4.42 Å². The van der Waals surface area contributed by atoms with Crippen LogP contribution in [0, 0.1) is 0 Å². The second-order valence-electron chi connectivity index (χ2n) is 14.9. The normalized spacial score (nSPS) is 11.8. The van der Waals surface area contributed by atoms with Gasteiger partial charge in [-0.15, -0.1) is 0 Å². The summed E-state index contributed by atoms with van der Waals surface area (Å²) in [6, 6.07) is 71.0. The zero-order valence-electron chi connectivity index (χ0n) is 31.3. The maximum atomic E-state index is 6.60. The van der Waals surface area contributed by atoms with Gasteiger partial charge in [0.2, 0.25) is 0 Å². The van der Waals surface area contributed by atoms with Crippen LogP contribution in [0.5, 0.6) is 0 Å². The smallest absolute Gasteiger partial charge is 0.180 e. The van der Waals surface area contributed by atoms with Crippen LogP contribution in [0.15, 0.2) is 205 Å². The van der Waals surface area contributed by atoms with Crippen molar-refractivity contribution in [1.82, 2.24) is 14.5 Å². The molecule has 9 aromatic carbocycles. The van der Waals surface area contributed by atoms with E-state index in [4.69, 9.17) is 14.4 Å². The van der Waals surface area contributed by atoms with Gasteiger partial charge in [0.1, 0.15) is 16.8 Å². The molecule has 0 amide bonds. The van der Waals surface area contributed by atoms with Crippen molar-refractivity contribution in [3.05, 3.63) is 200 Å².